The van der Waals surface area contributed by atoms with Gasteiger partial charge in [-0.05, 0) is 43.0 Å². The molecule has 1 fully saturated rings. The number of hydrogen-bond acceptors (Lipinski definition) is 1. The summed E-state index contributed by atoms with van der Waals surface area (Å²) >= 11 is 3.42. The minimum atomic E-state index is -0.174. The summed E-state index contributed by atoms with van der Waals surface area (Å²) in [4.78, 5) is 0. The maximum Gasteiger partial charge on any atom is 0.124 e. The second kappa shape index (κ2) is 4.46. The van der Waals surface area contributed by atoms with Gasteiger partial charge in [0.2, 0.25) is 0 Å². The first-order valence-corrected chi connectivity index (χ1v) is 6.54. The highest BCUT2D eigenvalue weighted by atomic mass is 79.9. The Morgan fingerprint density at radius 1 is 1.38 bits per heavy atom. The standard InChI is InChI=1S/C13H17BrFN/c1-9-11(6-10(15)7-12(9)14)13(8-16)4-2-3-5-13/h6-7H,2-5,8,16H2,1H3. The Kier molecular flexibility index (Phi) is 3.36. The highest BCUT2D eigenvalue weighted by Crippen LogP contribution is 2.43. The lowest BCUT2D eigenvalue weighted by Gasteiger charge is -2.30. The van der Waals surface area contributed by atoms with E-state index in [-0.39, 0.29) is 11.2 Å². The van der Waals surface area contributed by atoms with Crippen LogP contribution in [-0.4, -0.2) is 6.54 Å². The summed E-state index contributed by atoms with van der Waals surface area (Å²) in [5.41, 5.74) is 8.17. The van der Waals surface area contributed by atoms with Gasteiger partial charge in [-0.25, -0.2) is 4.39 Å². The fraction of sp³-hybridized carbons (Fsp3) is 0.538. The van der Waals surface area contributed by atoms with Crippen molar-refractivity contribution in [3.63, 3.8) is 0 Å². The van der Waals surface area contributed by atoms with Gasteiger partial charge < -0.3 is 5.73 Å². The minimum absolute atomic E-state index is 0.00863. The molecule has 0 saturated heterocycles. The Balaban J connectivity index is 2.53. The van der Waals surface area contributed by atoms with Crippen LogP contribution in [0.1, 0.15) is 36.8 Å². The average molecular weight is 286 g/mol. The number of halogens is 2. The van der Waals surface area contributed by atoms with Crippen molar-refractivity contribution < 1.29 is 4.39 Å². The van der Waals surface area contributed by atoms with Gasteiger partial charge in [0.15, 0.2) is 0 Å². The summed E-state index contributed by atoms with van der Waals surface area (Å²) < 4.78 is 14.3. The van der Waals surface area contributed by atoms with Crippen molar-refractivity contribution in [3.05, 3.63) is 33.5 Å². The molecule has 16 heavy (non-hydrogen) atoms. The highest BCUT2D eigenvalue weighted by molar-refractivity contribution is 9.10. The third kappa shape index (κ3) is 1.91. The number of rotatable bonds is 2. The fourth-order valence-electron chi connectivity index (χ4n) is 2.83. The molecule has 0 heterocycles. The molecule has 2 rings (SSSR count). The van der Waals surface area contributed by atoms with Gasteiger partial charge in [-0.15, -0.1) is 0 Å². The molecule has 1 saturated carbocycles. The van der Waals surface area contributed by atoms with Crippen molar-refractivity contribution in [1.29, 1.82) is 0 Å². The molecule has 1 nitrogen and oxygen atoms in total. The topological polar surface area (TPSA) is 26.0 Å². The molecule has 1 aliphatic carbocycles. The first-order valence-electron chi connectivity index (χ1n) is 5.75. The summed E-state index contributed by atoms with van der Waals surface area (Å²) in [6, 6.07) is 3.19. The van der Waals surface area contributed by atoms with Crippen LogP contribution in [0.4, 0.5) is 4.39 Å². The van der Waals surface area contributed by atoms with Gasteiger partial charge in [0, 0.05) is 16.4 Å². The molecular formula is C13H17BrFN. The zero-order valence-electron chi connectivity index (χ0n) is 9.52. The summed E-state index contributed by atoms with van der Waals surface area (Å²) in [6.07, 6.45) is 4.57. The van der Waals surface area contributed by atoms with Crippen molar-refractivity contribution in [3.8, 4) is 0 Å². The van der Waals surface area contributed by atoms with Gasteiger partial charge in [0.1, 0.15) is 5.82 Å². The lowest BCUT2D eigenvalue weighted by Crippen LogP contribution is -2.33. The van der Waals surface area contributed by atoms with Crippen molar-refractivity contribution >= 4 is 15.9 Å². The van der Waals surface area contributed by atoms with Crippen molar-refractivity contribution in [2.45, 2.75) is 38.0 Å². The molecule has 1 aromatic rings. The van der Waals surface area contributed by atoms with Crippen LogP contribution in [0.3, 0.4) is 0 Å². The largest absolute Gasteiger partial charge is 0.330 e. The summed E-state index contributed by atoms with van der Waals surface area (Å²) in [7, 11) is 0. The van der Waals surface area contributed by atoms with Crippen molar-refractivity contribution in [2.75, 3.05) is 6.54 Å². The molecule has 0 spiro atoms. The number of benzene rings is 1. The molecule has 0 aliphatic heterocycles. The maximum atomic E-state index is 13.5. The normalized spacial score (nSPS) is 19.0. The van der Waals surface area contributed by atoms with Crippen LogP contribution in [0.2, 0.25) is 0 Å². The van der Waals surface area contributed by atoms with E-state index in [1.54, 1.807) is 6.07 Å². The Bertz CT molecular complexity index is 397. The highest BCUT2D eigenvalue weighted by Gasteiger charge is 2.36. The van der Waals surface area contributed by atoms with Crippen LogP contribution in [0.5, 0.6) is 0 Å². The molecule has 1 aromatic carbocycles. The smallest absolute Gasteiger partial charge is 0.124 e. The molecule has 88 valence electrons. The van der Waals surface area contributed by atoms with Crippen molar-refractivity contribution in [2.24, 2.45) is 5.73 Å². The first kappa shape index (κ1) is 12.1. The molecule has 0 amide bonds. The van der Waals surface area contributed by atoms with E-state index in [9.17, 15) is 4.39 Å². The van der Waals surface area contributed by atoms with Gasteiger partial charge in [0.05, 0.1) is 0 Å². The van der Waals surface area contributed by atoms with Crippen LogP contribution >= 0.6 is 15.9 Å². The van der Waals surface area contributed by atoms with Gasteiger partial charge in [-0.3, -0.25) is 0 Å². The minimum Gasteiger partial charge on any atom is -0.330 e. The van der Waals surface area contributed by atoms with Crippen LogP contribution < -0.4 is 5.73 Å². The van der Waals surface area contributed by atoms with Crippen LogP contribution in [0.25, 0.3) is 0 Å². The Morgan fingerprint density at radius 3 is 2.56 bits per heavy atom. The van der Waals surface area contributed by atoms with Gasteiger partial charge in [0.25, 0.3) is 0 Å². The molecule has 0 aromatic heterocycles. The lowest BCUT2D eigenvalue weighted by atomic mass is 9.77. The molecule has 2 N–H and O–H groups in total. The molecule has 0 atom stereocenters. The molecule has 1 aliphatic rings. The van der Waals surface area contributed by atoms with Crippen molar-refractivity contribution in [1.82, 2.24) is 0 Å². The van der Waals surface area contributed by atoms with Gasteiger partial charge in [-0.1, -0.05) is 28.8 Å². The fourth-order valence-corrected chi connectivity index (χ4v) is 3.26. The molecule has 0 bridgehead atoms. The van der Waals surface area contributed by atoms with E-state index in [0.717, 1.165) is 28.4 Å². The number of nitrogens with two attached hydrogens (primary N) is 1. The van der Waals surface area contributed by atoms with E-state index in [2.05, 4.69) is 15.9 Å². The van der Waals surface area contributed by atoms with E-state index < -0.39 is 0 Å². The zero-order chi connectivity index (χ0) is 11.8. The Labute approximate surface area is 104 Å². The molecular weight excluding hydrogens is 269 g/mol. The predicted molar refractivity (Wildman–Crippen MR) is 68.0 cm³/mol. The molecule has 0 unspecified atom stereocenters. The predicted octanol–water partition coefficient (Wildman–Crippen LogP) is 3.67. The van der Waals surface area contributed by atoms with Gasteiger partial charge in [-0.2, -0.15) is 0 Å². The summed E-state index contributed by atoms with van der Waals surface area (Å²) in [5.74, 6) is -0.174. The van der Waals surface area contributed by atoms with E-state index in [1.165, 1.54) is 18.9 Å². The van der Waals surface area contributed by atoms with Crippen LogP contribution in [0, 0.1) is 12.7 Å². The van der Waals surface area contributed by atoms with Crippen LogP contribution in [0.15, 0.2) is 16.6 Å². The third-order valence-corrected chi connectivity index (χ3v) is 4.66. The van der Waals surface area contributed by atoms with E-state index >= 15 is 0 Å². The van der Waals surface area contributed by atoms with E-state index in [4.69, 9.17) is 5.73 Å². The zero-order valence-corrected chi connectivity index (χ0v) is 11.1. The summed E-state index contributed by atoms with van der Waals surface area (Å²) in [5, 5.41) is 0. The maximum absolute atomic E-state index is 13.5. The Hall–Kier alpha value is -0.410. The van der Waals surface area contributed by atoms with Crippen LogP contribution in [-0.2, 0) is 5.41 Å². The first-order chi connectivity index (χ1) is 7.59. The van der Waals surface area contributed by atoms with E-state index in [1.807, 2.05) is 6.92 Å². The monoisotopic (exact) mass is 285 g/mol. The SMILES string of the molecule is Cc1c(Br)cc(F)cc1C1(CN)CCCC1. The molecule has 0 radical (unpaired) electrons. The lowest BCUT2D eigenvalue weighted by molar-refractivity contribution is 0.446. The molecule has 3 heteroatoms. The van der Waals surface area contributed by atoms with Gasteiger partial charge >= 0.3 is 0 Å². The number of hydrogen-bond donors (Lipinski definition) is 1. The second-order valence-electron chi connectivity index (χ2n) is 4.75. The second-order valence-corrected chi connectivity index (χ2v) is 5.61. The summed E-state index contributed by atoms with van der Waals surface area (Å²) in [6.45, 7) is 2.65. The average Bonchev–Trinajstić information content (AvgIpc) is 2.73. The third-order valence-electron chi connectivity index (χ3n) is 3.83. The quantitative estimate of drug-likeness (QED) is 0.882. The Morgan fingerprint density at radius 2 is 2.00 bits per heavy atom. The van der Waals surface area contributed by atoms with E-state index in [0.29, 0.717) is 6.54 Å².